The topological polar surface area (TPSA) is 43.4 Å². The van der Waals surface area contributed by atoms with E-state index in [1.165, 1.54) is 83.5 Å². The molecule has 1 fully saturated rings. The molecule has 0 amide bonds. The summed E-state index contributed by atoms with van der Waals surface area (Å²) in [4.78, 5) is 22.3. The summed E-state index contributed by atoms with van der Waals surface area (Å²) >= 11 is 0. The standard InChI is InChI=1S/C22H40O3/c1-19(2)16-14-12-10-8-6-4-3-5-7-9-11-13-15-17-20-18-21(23)25-22(20)24/h19-20H,3-18H2,1-2H3/t20-/m0/s1. The maximum absolute atomic E-state index is 11.3. The highest BCUT2D eigenvalue weighted by Gasteiger charge is 2.32. The number of carbonyl (C=O) groups is 2. The van der Waals surface area contributed by atoms with Gasteiger partial charge in [-0.3, -0.25) is 9.59 Å². The average molecular weight is 353 g/mol. The third-order valence-electron chi connectivity index (χ3n) is 5.29. The molecule has 0 N–H and O–H groups in total. The van der Waals surface area contributed by atoms with Gasteiger partial charge in [0.05, 0.1) is 12.3 Å². The van der Waals surface area contributed by atoms with Gasteiger partial charge >= 0.3 is 11.9 Å². The SMILES string of the molecule is CC(C)CCCCCCCCCCCCCCC[C@H]1CC(=O)OC1=O. The summed E-state index contributed by atoms with van der Waals surface area (Å²) in [5.74, 6) is 0.0665. The maximum Gasteiger partial charge on any atom is 0.317 e. The molecule has 146 valence electrons. The molecule has 1 atom stereocenters. The first-order valence-electron chi connectivity index (χ1n) is 10.8. The molecule has 25 heavy (non-hydrogen) atoms. The van der Waals surface area contributed by atoms with E-state index in [2.05, 4.69) is 18.6 Å². The Morgan fingerprint density at radius 1 is 0.760 bits per heavy atom. The van der Waals surface area contributed by atoms with E-state index in [9.17, 15) is 9.59 Å². The first-order chi connectivity index (χ1) is 12.1. The lowest BCUT2D eigenvalue weighted by Gasteiger charge is -2.05. The molecule has 0 bridgehead atoms. The Morgan fingerprint density at radius 3 is 1.60 bits per heavy atom. The van der Waals surface area contributed by atoms with Gasteiger partial charge in [0.15, 0.2) is 0 Å². The molecule has 0 unspecified atom stereocenters. The molecule has 0 saturated carbocycles. The molecule has 1 aliphatic rings. The van der Waals surface area contributed by atoms with Gasteiger partial charge in [0.2, 0.25) is 0 Å². The zero-order valence-electron chi connectivity index (χ0n) is 16.7. The third kappa shape index (κ3) is 12.2. The minimum absolute atomic E-state index is 0.155. The van der Waals surface area contributed by atoms with Gasteiger partial charge in [0.25, 0.3) is 0 Å². The Labute approximate surface area is 155 Å². The van der Waals surface area contributed by atoms with E-state index in [0.29, 0.717) is 6.42 Å². The van der Waals surface area contributed by atoms with Crippen LogP contribution >= 0.6 is 0 Å². The summed E-state index contributed by atoms with van der Waals surface area (Å²) in [5, 5.41) is 0. The van der Waals surface area contributed by atoms with Crippen molar-refractivity contribution in [1.29, 1.82) is 0 Å². The molecule has 1 saturated heterocycles. The van der Waals surface area contributed by atoms with E-state index >= 15 is 0 Å². The molecule has 1 rings (SSSR count). The molecule has 1 aliphatic heterocycles. The number of carbonyl (C=O) groups excluding carboxylic acids is 2. The summed E-state index contributed by atoms with van der Waals surface area (Å²) < 4.78 is 4.57. The van der Waals surface area contributed by atoms with Gasteiger partial charge in [-0.1, -0.05) is 104 Å². The van der Waals surface area contributed by atoms with Crippen molar-refractivity contribution >= 4 is 11.9 Å². The zero-order chi connectivity index (χ0) is 18.3. The van der Waals surface area contributed by atoms with Gasteiger partial charge in [-0.25, -0.2) is 0 Å². The van der Waals surface area contributed by atoms with Crippen molar-refractivity contribution in [2.45, 2.75) is 117 Å². The van der Waals surface area contributed by atoms with Crippen molar-refractivity contribution in [2.75, 3.05) is 0 Å². The van der Waals surface area contributed by atoms with Gasteiger partial charge in [-0.15, -0.1) is 0 Å². The summed E-state index contributed by atoms with van der Waals surface area (Å²) in [7, 11) is 0. The van der Waals surface area contributed by atoms with E-state index in [1.54, 1.807) is 0 Å². The molecule has 0 aromatic rings. The average Bonchev–Trinajstić information content (AvgIpc) is 2.88. The summed E-state index contributed by atoms with van der Waals surface area (Å²) in [6, 6.07) is 0. The van der Waals surface area contributed by atoms with Gasteiger partial charge in [0.1, 0.15) is 0 Å². The second-order valence-corrected chi connectivity index (χ2v) is 8.26. The molecule has 3 heteroatoms. The van der Waals surface area contributed by atoms with Crippen LogP contribution in [0, 0.1) is 11.8 Å². The smallest absolute Gasteiger partial charge is 0.317 e. The number of hydrogen-bond acceptors (Lipinski definition) is 3. The Balaban J connectivity index is 1.73. The highest BCUT2D eigenvalue weighted by molar-refractivity contribution is 5.94. The highest BCUT2D eigenvalue weighted by Crippen LogP contribution is 2.22. The number of unbranched alkanes of at least 4 members (excludes halogenated alkanes) is 12. The second kappa shape index (κ2) is 14.3. The first kappa shape index (κ1) is 22.2. The molecule has 0 radical (unpaired) electrons. The maximum atomic E-state index is 11.3. The van der Waals surface area contributed by atoms with Crippen molar-refractivity contribution in [3.63, 3.8) is 0 Å². The van der Waals surface area contributed by atoms with Gasteiger partial charge in [-0.05, 0) is 12.3 Å². The lowest BCUT2D eigenvalue weighted by molar-refractivity contribution is -0.153. The van der Waals surface area contributed by atoms with Crippen LogP contribution in [0.5, 0.6) is 0 Å². The van der Waals surface area contributed by atoms with E-state index in [1.807, 2.05) is 0 Å². The quantitative estimate of drug-likeness (QED) is 0.179. The lowest BCUT2D eigenvalue weighted by Crippen LogP contribution is -2.06. The molecule has 1 heterocycles. The van der Waals surface area contributed by atoms with Crippen LogP contribution in [0.15, 0.2) is 0 Å². The molecule has 0 aromatic heterocycles. The number of ether oxygens (including phenoxy) is 1. The minimum Gasteiger partial charge on any atom is -0.393 e. The van der Waals surface area contributed by atoms with Crippen LogP contribution in [0.3, 0.4) is 0 Å². The predicted molar refractivity (Wildman–Crippen MR) is 103 cm³/mol. The van der Waals surface area contributed by atoms with Crippen LogP contribution in [0.1, 0.15) is 117 Å². The summed E-state index contributed by atoms with van der Waals surface area (Å²) in [5.41, 5.74) is 0. The largest absolute Gasteiger partial charge is 0.393 e. The van der Waals surface area contributed by atoms with Crippen molar-refractivity contribution < 1.29 is 14.3 Å². The van der Waals surface area contributed by atoms with Crippen LogP contribution in [0.25, 0.3) is 0 Å². The van der Waals surface area contributed by atoms with Crippen LogP contribution in [0.4, 0.5) is 0 Å². The lowest BCUT2D eigenvalue weighted by atomic mass is 9.98. The first-order valence-corrected chi connectivity index (χ1v) is 10.8. The normalized spacial score (nSPS) is 17.5. The van der Waals surface area contributed by atoms with Crippen molar-refractivity contribution in [1.82, 2.24) is 0 Å². The number of hydrogen-bond donors (Lipinski definition) is 0. The van der Waals surface area contributed by atoms with E-state index in [0.717, 1.165) is 18.8 Å². The van der Waals surface area contributed by atoms with Crippen LogP contribution < -0.4 is 0 Å². The Bertz CT molecular complexity index is 362. The molecular weight excluding hydrogens is 312 g/mol. The Hall–Kier alpha value is -0.860. The van der Waals surface area contributed by atoms with Gasteiger partial charge in [0, 0.05) is 0 Å². The monoisotopic (exact) mass is 352 g/mol. The fraction of sp³-hybridized carbons (Fsp3) is 0.909. The van der Waals surface area contributed by atoms with Crippen LogP contribution in [0.2, 0.25) is 0 Å². The molecular formula is C22H40O3. The fourth-order valence-electron chi connectivity index (χ4n) is 3.63. The van der Waals surface area contributed by atoms with Crippen molar-refractivity contribution in [2.24, 2.45) is 11.8 Å². The zero-order valence-corrected chi connectivity index (χ0v) is 16.7. The van der Waals surface area contributed by atoms with E-state index in [4.69, 9.17) is 0 Å². The molecule has 3 nitrogen and oxygen atoms in total. The van der Waals surface area contributed by atoms with Gasteiger partial charge in [-0.2, -0.15) is 0 Å². The third-order valence-corrected chi connectivity index (χ3v) is 5.29. The summed E-state index contributed by atoms with van der Waals surface area (Å²) in [6.45, 7) is 4.63. The van der Waals surface area contributed by atoms with E-state index in [-0.39, 0.29) is 17.9 Å². The fourth-order valence-corrected chi connectivity index (χ4v) is 3.63. The molecule has 0 aliphatic carbocycles. The van der Waals surface area contributed by atoms with E-state index < -0.39 is 0 Å². The van der Waals surface area contributed by atoms with Crippen molar-refractivity contribution in [3.8, 4) is 0 Å². The number of rotatable bonds is 16. The second-order valence-electron chi connectivity index (χ2n) is 8.26. The molecule has 0 aromatic carbocycles. The summed E-state index contributed by atoms with van der Waals surface area (Å²) in [6.07, 6.45) is 19.9. The molecule has 0 spiro atoms. The minimum atomic E-state index is -0.342. The number of cyclic esters (lactones) is 2. The van der Waals surface area contributed by atoms with Crippen LogP contribution in [-0.4, -0.2) is 11.9 Å². The number of esters is 2. The van der Waals surface area contributed by atoms with Crippen LogP contribution in [-0.2, 0) is 14.3 Å². The van der Waals surface area contributed by atoms with Crippen molar-refractivity contribution in [3.05, 3.63) is 0 Å². The Kier molecular flexibility index (Phi) is 12.7. The highest BCUT2D eigenvalue weighted by atomic mass is 16.6. The Morgan fingerprint density at radius 2 is 1.20 bits per heavy atom. The van der Waals surface area contributed by atoms with Gasteiger partial charge < -0.3 is 4.74 Å². The predicted octanol–water partition coefficient (Wildman–Crippen LogP) is 6.58.